The summed E-state index contributed by atoms with van der Waals surface area (Å²) in [4.78, 5) is 2.33. The van der Waals surface area contributed by atoms with Crippen molar-refractivity contribution in [3.05, 3.63) is 28.8 Å². The average Bonchev–Trinajstić information content (AvgIpc) is 2.45. The summed E-state index contributed by atoms with van der Waals surface area (Å²) in [5, 5.41) is 4.31. The number of benzene rings is 1. The van der Waals surface area contributed by atoms with Crippen molar-refractivity contribution in [2.75, 3.05) is 25.2 Å². The van der Waals surface area contributed by atoms with Crippen molar-refractivity contribution < 1.29 is 4.74 Å². The molecule has 0 spiro atoms. The highest BCUT2D eigenvalue weighted by atomic mass is 35.5. The first-order valence-electron chi connectivity index (χ1n) is 7.71. The van der Waals surface area contributed by atoms with Crippen molar-refractivity contribution in [2.24, 2.45) is 0 Å². The van der Waals surface area contributed by atoms with E-state index in [9.17, 15) is 0 Å². The Morgan fingerprint density at radius 3 is 2.52 bits per heavy atom. The average molecular weight is 311 g/mol. The first kappa shape index (κ1) is 16.6. The zero-order valence-corrected chi connectivity index (χ0v) is 14.3. The van der Waals surface area contributed by atoms with Crippen LogP contribution in [0.25, 0.3) is 0 Å². The van der Waals surface area contributed by atoms with Crippen LogP contribution in [0.3, 0.4) is 0 Å². The van der Waals surface area contributed by atoms with Crippen molar-refractivity contribution in [3.63, 3.8) is 0 Å². The van der Waals surface area contributed by atoms with Gasteiger partial charge in [-0.1, -0.05) is 17.7 Å². The van der Waals surface area contributed by atoms with Crippen molar-refractivity contribution >= 4 is 17.3 Å². The molecule has 4 heteroatoms. The first-order valence-corrected chi connectivity index (χ1v) is 8.08. The monoisotopic (exact) mass is 310 g/mol. The Morgan fingerprint density at radius 2 is 1.95 bits per heavy atom. The number of hydrogen-bond acceptors (Lipinski definition) is 3. The normalized spacial score (nSPS) is 17.0. The van der Waals surface area contributed by atoms with E-state index >= 15 is 0 Å². The number of nitrogens with zero attached hydrogens (tertiary/aromatic N) is 1. The predicted molar refractivity (Wildman–Crippen MR) is 90.3 cm³/mol. The Balaban J connectivity index is 2.03. The van der Waals surface area contributed by atoms with E-state index in [1.54, 1.807) is 0 Å². The second-order valence-electron chi connectivity index (χ2n) is 6.83. The van der Waals surface area contributed by atoms with Crippen LogP contribution in [-0.2, 0) is 11.3 Å². The number of anilines is 1. The van der Waals surface area contributed by atoms with E-state index in [0.717, 1.165) is 43.2 Å². The van der Waals surface area contributed by atoms with Gasteiger partial charge in [0.1, 0.15) is 0 Å². The van der Waals surface area contributed by atoms with Crippen LogP contribution in [0.4, 0.5) is 5.69 Å². The molecule has 2 rings (SSSR count). The molecule has 1 aromatic rings. The van der Waals surface area contributed by atoms with Gasteiger partial charge in [-0.25, -0.2) is 0 Å². The predicted octanol–water partition coefficient (Wildman–Crippen LogP) is 3.84. The van der Waals surface area contributed by atoms with Gasteiger partial charge in [-0.2, -0.15) is 0 Å². The fraction of sp³-hybridized carbons (Fsp3) is 0.647. The molecule has 0 atom stereocenters. The smallest absolute Gasteiger partial charge is 0.0485 e. The van der Waals surface area contributed by atoms with Crippen LogP contribution in [0, 0.1) is 0 Å². The maximum Gasteiger partial charge on any atom is 0.0485 e. The third-order valence-electron chi connectivity index (χ3n) is 3.99. The summed E-state index contributed by atoms with van der Waals surface area (Å²) in [6.45, 7) is 8.99. The molecule has 21 heavy (non-hydrogen) atoms. The summed E-state index contributed by atoms with van der Waals surface area (Å²) in [7, 11) is 2.15. The molecule has 0 radical (unpaired) electrons. The van der Waals surface area contributed by atoms with Crippen LogP contribution < -0.4 is 10.2 Å². The summed E-state index contributed by atoms with van der Waals surface area (Å²) >= 11 is 6.45. The van der Waals surface area contributed by atoms with Gasteiger partial charge in [0, 0.05) is 49.1 Å². The third kappa shape index (κ3) is 4.87. The molecule has 3 nitrogen and oxygen atoms in total. The van der Waals surface area contributed by atoms with Gasteiger partial charge in [-0.3, -0.25) is 0 Å². The van der Waals surface area contributed by atoms with Crippen LogP contribution in [0.15, 0.2) is 18.2 Å². The zero-order chi connectivity index (χ0) is 15.5. The maximum atomic E-state index is 6.45. The number of ether oxygens (including phenoxy) is 1. The number of nitrogens with one attached hydrogen (secondary N) is 1. The minimum absolute atomic E-state index is 0.0981. The van der Waals surface area contributed by atoms with Crippen LogP contribution >= 0.6 is 11.6 Å². The lowest BCUT2D eigenvalue weighted by atomic mass is 10.1. The zero-order valence-electron chi connectivity index (χ0n) is 13.6. The van der Waals surface area contributed by atoms with Gasteiger partial charge in [0.15, 0.2) is 0 Å². The van der Waals surface area contributed by atoms with Gasteiger partial charge in [0.05, 0.1) is 0 Å². The highest BCUT2D eigenvalue weighted by Gasteiger charge is 2.19. The summed E-state index contributed by atoms with van der Waals surface area (Å²) in [5.74, 6) is 0. The largest absolute Gasteiger partial charge is 0.381 e. The summed E-state index contributed by atoms with van der Waals surface area (Å²) in [5.41, 5.74) is 2.43. The lowest BCUT2D eigenvalue weighted by molar-refractivity contribution is 0.0855. The van der Waals surface area contributed by atoms with E-state index in [0.29, 0.717) is 6.04 Å². The van der Waals surface area contributed by atoms with Gasteiger partial charge in [0.25, 0.3) is 0 Å². The molecule has 0 aliphatic carbocycles. The number of halogens is 1. The molecule has 0 bridgehead atoms. The molecular formula is C17H27ClN2O. The molecular weight excluding hydrogens is 284 g/mol. The Morgan fingerprint density at radius 1 is 1.29 bits per heavy atom. The molecule has 0 amide bonds. The molecule has 1 fully saturated rings. The molecule has 1 aliphatic heterocycles. The summed E-state index contributed by atoms with van der Waals surface area (Å²) < 4.78 is 5.43. The van der Waals surface area contributed by atoms with Gasteiger partial charge in [0.2, 0.25) is 0 Å². The van der Waals surface area contributed by atoms with E-state index in [2.05, 4.69) is 56.2 Å². The quantitative estimate of drug-likeness (QED) is 0.914. The third-order valence-corrected chi connectivity index (χ3v) is 4.34. The SMILES string of the molecule is CN(c1ccc(CNC(C)(C)C)c(Cl)c1)C1CCOCC1. The molecule has 1 heterocycles. The van der Waals surface area contributed by atoms with E-state index in [-0.39, 0.29) is 5.54 Å². The van der Waals surface area contributed by atoms with Gasteiger partial charge >= 0.3 is 0 Å². The number of hydrogen-bond donors (Lipinski definition) is 1. The fourth-order valence-corrected chi connectivity index (χ4v) is 2.78. The van der Waals surface area contributed by atoms with E-state index < -0.39 is 0 Å². The molecule has 0 saturated carbocycles. The van der Waals surface area contributed by atoms with Crippen LogP contribution in [0.5, 0.6) is 0 Å². The van der Waals surface area contributed by atoms with Crippen molar-refractivity contribution in [1.29, 1.82) is 0 Å². The Hall–Kier alpha value is -0.770. The van der Waals surface area contributed by atoms with E-state index in [1.807, 2.05) is 0 Å². The van der Waals surface area contributed by atoms with Crippen LogP contribution in [0.2, 0.25) is 5.02 Å². The van der Waals surface area contributed by atoms with Gasteiger partial charge in [-0.15, -0.1) is 0 Å². The molecule has 1 saturated heterocycles. The Bertz CT molecular complexity index is 464. The van der Waals surface area contributed by atoms with E-state index in [4.69, 9.17) is 16.3 Å². The highest BCUT2D eigenvalue weighted by Crippen LogP contribution is 2.27. The standard InChI is InChI=1S/C17H27ClN2O/c1-17(2,3)19-12-13-5-6-15(11-16(13)18)20(4)14-7-9-21-10-8-14/h5-6,11,14,19H,7-10,12H2,1-4H3. The maximum absolute atomic E-state index is 6.45. The molecule has 1 aromatic carbocycles. The molecule has 0 aromatic heterocycles. The van der Waals surface area contributed by atoms with Crippen molar-refractivity contribution in [1.82, 2.24) is 5.32 Å². The topological polar surface area (TPSA) is 24.5 Å². The summed E-state index contributed by atoms with van der Waals surface area (Å²) in [6.07, 6.45) is 2.17. The van der Waals surface area contributed by atoms with Gasteiger partial charge in [-0.05, 0) is 51.3 Å². The van der Waals surface area contributed by atoms with Crippen LogP contribution in [-0.4, -0.2) is 31.8 Å². The first-order chi connectivity index (χ1) is 9.87. The Kier molecular flexibility index (Phi) is 5.53. The summed E-state index contributed by atoms with van der Waals surface area (Å²) in [6, 6.07) is 6.93. The van der Waals surface area contributed by atoms with Crippen LogP contribution in [0.1, 0.15) is 39.2 Å². The molecule has 118 valence electrons. The molecule has 1 aliphatic rings. The second kappa shape index (κ2) is 6.99. The fourth-order valence-electron chi connectivity index (χ4n) is 2.54. The second-order valence-corrected chi connectivity index (χ2v) is 7.24. The minimum Gasteiger partial charge on any atom is -0.381 e. The Labute approximate surface area is 133 Å². The lowest BCUT2D eigenvalue weighted by Crippen LogP contribution is -2.36. The van der Waals surface area contributed by atoms with Crippen molar-refractivity contribution in [3.8, 4) is 0 Å². The van der Waals surface area contributed by atoms with E-state index in [1.165, 1.54) is 5.69 Å². The molecule has 0 unspecified atom stereocenters. The van der Waals surface area contributed by atoms with Gasteiger partial charge < -0.3 is 15.0 Å². The minimum atomic E-state index is 0.0981. The highest BCUT2D eigenvalue weighted by molar-refractivity contribution is 6.31. The molecule has 1 N–H and O–H groups in total. The lowest BCUT2D eigenvalue weighted by Gasteiger charge is -2.33. The van der Waals surface area contributed by atoms with Crippen molar-refractivity contribution in [2.45, 2.75) is 51.7 Å². The number of rotatable bonds is 4.